The molecule has 23 heavy (non-hydrogen) atoms. The van der Waals surface area contributed by atoms with Crippen molar-refractivity contribution in [1.29, 1.82) is 0 Å². The smallest absolute Gasteiger partial charge is 0.230 e. The van der Waals surface area contributed by atoms with Crippen LogP contribution in [0, 0.1) is 0 Å². The number of nitrogens with two attached hydrogens (primary N) is 1. The lowest BCUT2D eigenvalue weighted by molar-refractivity contribution is -0.132. The lowest BCUT2D eigenvalue weighted by Gasteiger charge is -2.27. The SMILES string of the molecule is CCC(C(=O)N(CCN)CCc1ccccc1)c1ccccc1. The van der Waals surface area contributed by atoms with Crippen LogP contribution in [0.2, 0.25) is 0 Å². The van der Waals surface area contributed by atoms with E-state index >= 15 is 0 Å². The van der Waals surface area contributed by atoms with Crippen molar-refractivity contribution < 1.29 is 4.79 Å². The standard InChI is InChI=1S/C20H26N2O/c1-2-19(18-11-7-4-8-12-18)20(23)22(16-14-21)15-13-17-9-5-3-6-10-17/h3-12,19H,2,13-16,21H2,1H3. The first-order valence-electron chi connectivity index (χ1n) is 8.34. The lowest BCUT2D eigenvalue weighted by atomic mass is 9.95. The Morgan fingerprint density at radius 1 is 1.00 bits per heavy atom. The predicted octanol–water partition coefficient (Wildman–Crippen LogP) is 3.21. The van der Waals surface area contributed by atoms with E-state index < -0.39 is 0 Å². The minimum atomic E-state index is -0.0847. The van der Waals surface area contributed by atoms with E-state index in [0.29, 0.717) is 19.6 Å². The molecular formula is C20H26N2O. The molecule has 3 nitrogen and oxygen atoms in total. The maximum absolute atomic E-state index is 13.0. The summed E-state index contributed by atoms with van der Waals surface area (Å²) >= 11 is 0. The highest BCUT2D eigenvalue weighted by atomic mass is 16.2. The van der Waals surface area contributed by atoms with Crippen molar-refractivity contribution in [2.24, 2.45) is 5.73 Å². The van der Waals surface area contributed by atoms with Crippen LogP contribution < -0.4 is 5.73 Å². The summed E-state index contributed by atoms with van der Waals surface area (Å²) in [5.74, 6) is 0.0959. The van der Waals surface area contributed by atoms with Gasteiger partial charge in [-0.2, -0.15) is 0 Å². The van der Waals surface area contributed by atoms with Crippen molar-refractivity contribution in [1.82, 2.24) is 4.90 Å². The molecule has 0 spiro atoms. The highest BCUT2D eigenvalue weighted by Crippen LogP contribution is 2.22. The van der Waals surface area contributed by atoms with Gasteiger partial charge in [0.2, 0.25) is 5.91 Å². The summed E-state index contributed by atoms with van der Waals surface area (Å²) in [5.41, 5.74) is 8.05. The molecule has 0 aliphatic rings. The van der Waals surface area contributed by atoms with E-state index in [1.807, 2.05) is 53.4 Å². The minimum Gasteiger partial charge on any atom is -0.341 e. The zero-order chi connectivity index (χ0) is 16.5. The molecule has 0 aliphatic carbocycles. The molecule has 0 aliphatic heterocycles. The van der Waals surface area contributed by atoms with E-state index in [2.05, 4.69) is 19.1 Å². The molecule has 0 saturated carbocycles. The summed E-state index contributed by atoms with van der Waals surface area (Å²) in [6.07, 6.45) is 1.66. The van der Waals surface area contributed by atoms with Gasteiger partial charge in [0.25, 0.3) is 0 Å². The third kappa shape index (κ3) is 4.93. The fourth-order valence-corrected chi connectivity index (χ4v) is 2.86. The topological polar surface area (TPSA) is 46.3 Å². The number of amides is 1. The van der Waals surface area contributed by atoms with Crippen molar-refractivity contribution in [3.05, 3.63) is 71.8 Å². The Morgan fingerprint density at radius 3 is 2.17 bits per heavy atom. The van der Waals surface area contributed by atoms with E-state index in [1.54, 1.807) is 0 Å². The van der Waals surface area contributed by atoms with Crippen LogP contribution in [-0.4, -0.2) is 30.4 Å². The van der Waals surface area contributed by atoms with Crippen LogP contribution in [0.5, 0.6) is 0 Å². The Balaban J connectivity index is 2.07. The number of carbonyl (C=O) groups excluding carboxylic acids is 1. The molecule has 2 rings (SSSR count). The Morgan fingerprint density at radius 2 is 1.61 bits per heavy atom. The van der Waals surface area contributed by atoms with Crippen LogP contribution >= 0.6 is 0 Å². The lowest BCUT2D eigenvalue weighted by Crippen LogP contribution is -2.39. The maximum Gasteiger partial charge on any atom is 0.230 e. The molecular weight excluding hydrogens is 284 g/mol. The van der Waals surface area contributed by atoms with Crippen LogP contribution in [0.4, 0.5) is 0 Å². The molecule has 2 aromatic carbocycles. The number of hydrogen-bond donors (Lipinski definition) is 1. The Kier molecular flexibility index (Phi) is 6.82. The summed E-state index contributed by atoms with van der Waals surface area (Å²) in [6.45, 7) is 3.87. The maximum atomic E-state index is 13.0. The molecule has 3 heteroatoms. The molecule has 0 heterocycles. The van der Waals surface area contributed by atoms with Gasteiger partial charge in [-0.05, 0) is 24.0 Å². The number of nitrogens with zero attached hydrogens (tertiary/aromatic N) is 1. The van der Waals surface area contributed by atoms with Gasteiger partial charge in [0.15, 0.2) is 0 Å². The zero-order valence-electron chi connectivity index (χ0n) is 13.8. The van der Waals surface area contributed by atoms with E-state index in [1.165, 1.54) is 5.56 Å². The van der Waals surface area contributed by atoms with Gasteiger partial charge in [-0.25, -0.2) is 0 Å². The Labute approximate surface area is 139 Å². The van der Waals surface area contributed by atoms with E-state index in [4.69, 9.17) is 5.73 Å². The van der Waals surface area contributed by atoms with Crippen molar-refractivity contribution >= 4 is 5.91 Å². The first-order valence-corrected chi connectivity index (χ1v) is 8.34. The predicted molar refractivity (Wildman–Crippen MR) is 95.3 cm³/mol. The molecule has 2 aromatic rings. The zero-order valence-corrected chi connectivity index (χ0v) is 13.8. The quantitative estimate of drug-likeness (QED) is 0.814. The third-order valence-electron chi connectivity index (χ3n) is 4.13. The first-order chi connectivity index (χ1) is 11.3. The summed E-state index contributed by atoms with van der Waals surface area (Å²) in [4.78, 5) is 14.9. The van der Waals surface area contributed by atoms with Crippen molar-refractivity contribution in [2.75, 3.05) is 19.6 Å². The van der Waals surface area contributed by atoms with Crippen LogP contribution in [0.15, 0.2) is 60.7 Å². The van der Waals surface area contributed by atoms with Gasteiger partial charge in [0.1, 0.15) is 0 Å². The monoisotopic (exact) mass is 310 g/mol. The molecule has 0 radical (unpaired) electrons. The number of hydrogen-bond acceptors (Lipinski definition) is 2. The van der Waals surface area contributed by atoms with Gasteiger partial charge in [0, 0.05) is 19.6 Å². The number of rotatable bonds is 8. The van der Waals surface area contributed by atoms with Crippen molar-refractivity contribution in [3.63, 3.8) is 0 Å². The third-order valence-corrected chi connectivity index (χ3v) is 4.13. The molecule has 0 saturated heterocycles. The van der Waals surface area contributed by atoms with Gasteiger partial charge in [0.05, 0.1) is 5.92 Å². The van der Waals surface area contributed by atoms with Crippen LogP contribution in [0.1, 0.15) is 30.4 Å². The second-order valence-electron chi connectivity index (χ2n) is 5.72. The van der Waals surface area contributed by atoms with Gasteiger partial charge in [-0.3, -0.25) is 4.79 Å². The first kappa shape index (κ1) is 17.2. The normalized spacial score (nSPS) is 11.9. The average molecular weight is 310 g/mol. The summed E-state index contributed by atoms with van der Waals surface area (Å²) in [6, 6.07) is 20.3. The largest absolute Gasteiger partial charge is 0.341 e. The molecule has 0 aromatic heterocycles. The second kappa shape index (κ2) is 9.11. The summed E-state index contributed by atoms with van der Waals surface area (Å²) in [5, 5.41) is 0. The molecule has 2 N–H and O–H groups in total. The van der Waals surface area contributed by atoms with E-state index in [0.717, 1.165) is 18.4 Å². The van der Waals surface area contributed by atoms with Crippen molar-refractivity contribution in [2.45, 2.75) is 25.7 Å². The van der Waals surface area contributed by atoms with Crippen LogP contribution in [0.3, 0.4) is 0 Å². The second-order valence-corrected chi connectivity index (χ2v) is 5.72. The van der Waals surface area contributed by atoms with Crippen LogP contribution in [-0.2, 0) is 11.2 Å². The van der Waals surface area contributed by atoms with E-state index in [9.17, 15) is 4.79 Å². The fraction of sp³-hybridized carbons (Fsp3) is 0.350. The highest BCUT2D eigenvalue weighted by molar-refractivity contribution is 5.83. The van der Waals surface area contributed by atoms with Gasteiger partial charge in [-0.1, -0.05) is 67.6 Å². The fourth-order valence-electron chi connectivity index (χ4n) is 2.86. The molecule has 0 fully saturated rings. The average Bonchev–Trinajstić information content (AvgIpc) is 2.61. The molecule has 0 bridgehead atoms. The van der Waals surface area contributed by atoms with Crippen LogP contribution in [0.25, 0.3) is 0 Å². The summed E-state index contributed by atoms with van der Waals surface area (Å²) < 4.78 is 0. The minimum absolute atomic E-state index is 0.0847. The molecule has 1 amide bonds. The highest BCUT2D eigenvalue weighted by Gasteiger charge is 2.23. The number of benzene rings is 2. The summed E-state index contributed by atoms with van der Waals surface area (Å²) in [7, 11) is 0. The van der Waals surface area contributed by atoms with Gasteiger partial charge in [-0.15, -0.1) is 0 Å². The number of carbonyl (C=O) groups is 1. The molecule has 1 unspecified atom stereocenters. The van der Waals surface area contributed by atoms with Crippen molar-refractivity contribution in [3.8, 4) is 0 Å². The van der Waals surface area contributed by atoms with E-state index in [-0.39, 0.29) is 11.8 Å². The van der Waals surface area contributed by atoms with Gasteiger partial charge < -0.3 is 10.6 Å². The van der Waals surface area contributed by atoms with Gasteiger partial charge >= 0.3 is 0 Å². The molecule has 122 valence electrons. The molecule has 1 atom stereocenters. The Hall–Kier alpha value is -2.13. The Bertz CT molecular complexity index is 583.